The van der Waals surface area contributed by atoms with Gasteiger partial charge in [0.05, 0.1) is 4.90 Å². The molecular formula is C6H6KO3S+. The minimum absolute atomic E-state index is 0. The van der Waals surface area contributed by atoms with E-state index in [1.165, 1.54) is 12.1 Å². The third-order valence-corrected chi connectivity index (χ3v) is 1.91. The fourth-order valence-electron chi connectivity index (χ4n) is 0.592. The summed E-state index contributed by atoms with van der Waals surface area (Å²) in [5.74, 6) is 0. The minimum Gasteiger partial charge on any atom is -0.282 e. The van der Waals surface area contributed by atoms with Crippen molar-refractivity contribution >= 4 is 10.1 Å². The summed E-state index contributed by atoms with van der Waals surface area (Å²) in [4.78, 5) is -0.0741. The monoisotopic (exact) mass is 197 g/mol. The largest absolute Gasteiger partial charge is 1.00 e. The standard InChI is InChI=1S/C6H6O3S.K/c7-10(8,9)6-4-2-1-3-5-6;/h1-5H,(H,7,8,9);/q;+1. The number of hydrogen-bond acceptors (Lipinski definition) is 2. The topological polar surface area (TPSA) is 54.4 Å². The fraction of sp³-hybridized carbons (Fsp3) is 0. The Hall–Kier alpha value is 0.766. The molecule has 0 saturated heterocycles. The number of rotatable bonds is 1. The molecule has 1 N–H and O–H groups in total. The zero-order chi connectivity index (χ0) is 7.61. The predicted octanol–water partition coefficient (Wildman–Crippen LogP) is -2.06. The van der Waals surface area contributed by atoms with E-state index in [0.29, 0.717) is 0 Å². The molecule has 5 heteroatoms. The van der Waals surface area contributed by atoms with Crippen molar-refractivity contribution in [3.05, 3.63) is 30.3 Å². The molecule has 0 fully saturated rings. The van der Waals surface area contributed by atoms with Crippen LogP contribution >= 0.6 is 0 Å². The molecule has 54 valence electrons. The Kier molecular flexibility index (Phi) is 5.04. The average Bonchev–Trinajstić information content (AvgIpc) is 1.88. The molecule has 0 aliphatic heterocycles. The van der Waals surface area contributed by atoms with E-state index < -0.39 is 10.1 Å². The predicted molar refractivity (Wildman–Crippen MR) is 36.3 cm³/mol. The van der Waals surface area contributed by atoms with Crippen LogP contribution in [0.4, 0.5) is 0 Å². The molecule has 11 heavy (non-hydrogen) atoms. The first kappa shape index (κ1) is 11.8. The summed E-state index contributed by atoms with van der Waals surface area (Å²) in [6.07, 6.45) is 0. The van der Waals surface area contributed by atoms with Gasteiger partial charge in [-0.1, -0.05) is 18.2 Å². The molecule has 0 amide bonds. The summed E-state index contributed by atoms with van der Waals surface area (Å²) in [6, 6.07) is 7.42. The summed E-state index contributed by atoms with van der Waals surface area (Å²) in [6.45, 7) is 0. The Morgan fingerprint density at radius 3 is 1.82 bits per heavy atom. The van der Waals surface area contributed by atoms with Gasteiger partial charge in [-0.05, 0) is 12.1 Å². The third kappa shape index (κ3) is 3.79. The summed E-state index contributed by atoms with van der Waals surface area (Å²) in [5, 5.41) is 0. The molecule has 0 radical (unpaired) electrons. The summed E-state index contributed by atoms with van der Waals surface area (Å²) >= 11 is 0. The van der Waals surface area contributed by atoms with E-state index in [4.69, 9.17) is 4.55 Å². The first-order chi connectivity index (χ1) is 4.61. The smallest absolute Gasteiger partial charge is 0.282 e. The van der Waals surface area contributed by atoms with Crippen molar-refractivity contribution in [2.75, 3.05) is 0 Å². The molecule has 0 heterocycles. The second-order valence-corrected chi connectivity index (χ2v) is 3.21. The van der Waals surface area contributed by atoms with Crippen molar-refractivity contribution in [2.45, 2.75) is 4.90 Å². The van der Waals surface area contributed by atoms with Crippen molar-refractivity contribution in [3.8, 4) is 0 Å². The summed E-state index contributed by atoms with van der Waals surface area (Å²) < 4.78 is 29.2. The summed E-state index contributed by atoms with van der Waals surface area (Å²) in [7, 11) is -4.00. The van der Waals surface area contributed by atoms with E-state index in [-0.39, 0.29) is 56.3 Å². The molecule has 3 nitrogen and oxygen atoms in total. The molecule has 0 unspecified atom stereocenters. The summed E-state index contributed by atoms with van der Waals surface area (Å²) in [5.41, 5.74) is 0. The van der Waals surface area contributed by atoms with Crippen LogP contribution in [0.15, 0.2) is 35.2 Å². The zero-order valence-electron chi connectivity index (χ0n) is 6.06. The van der Waals surface area contributed by atoms with E-state index in [9.17, 15) is 8.42 Å². The molecule has 0 saturated carbocycles. The molecule has 0 bridgehead atoms. The first-order valence-electron chi connectivity index (χ1n) is 2.63. The van der Waals surface area contributed by atoms with Gasteiger partial charge in [-0.3, -0.25) is 4.55 Å². The van der Waals surface area contributed by atoms with Gasteiger partial charge in [0.25, 0.3) is 10.1 Å². The molecular weight excluding hydrogens is 191 g/mol. The van der Waals surface area contributed by atoms with Crippen LogP contribution in [0.2, 0.25) is 0 Å². The second-order valence-electron chi connectivity index (χ2n) is 1.79. The SMILES string of the molecule is O=S(=O)(O)c1ccccc1.[K+]. The number of hydrogen-bond donors (Lipinski definition) is 1. The van der Waals surface area contributed by atoms with Gasteiger partial charge in [0.15, 0.2) is 0 Å². The van der Waals surface area contributed by atoms with E-state index >= 15 is 0 Å². The zero-order valence-corrected chi connectivity index (χ0v) is 10.00. The van der Waals surface area contributed by atoms with Crippen molar-refractivity contribution in [1.82, 2.24) is 0 Å². The molecule has 0 spiro atoms. The Labute approximate surface area is 108 Å². The van der Waals surface area contributed by atoms with Crippen LogP contribution < -0.4 is 51.4 Å². The molecule has 0 aliphatic carbocycles. The normalized spacial score (nSPS) is 10.3. The van der Waals surface area contributed by atoms with Gasteiger partial charge in [-0.15, -0.1) is 0 Å². The Bertz CT molecular complexity index is 306. The van der Waals surface area contributed by atoms with E-state index in [1.807, 2.05) is 0 Å². The van der Waals surface area contributed by atoms with Gasteiger partial charge in [-0.25, -0.2) is 0 Å². The molecule has 1 aromatic rings. The molecule has 0 aromatic heterocycles. The first-order valence-corrected chi connectivity index (χ1v) is 4.07. The molecule has 1 rings (SSSR count). The fourth-order valence-corrected chi connectivity index (χ4v) is 1.09. The van der Waals surface area contributed by atoms with Gasteiger partial charge in [0, 0.05) is 0 Å². The second kappa shape index (κ2) is 4.71. The van der Waals surface area contributed by atoms with E-state index in [1.54, 1.807) is 18.2 Å². The third-order valence-electron chi connectivity index (χ3n) is 1.04. The maximum absolute atomic E-state index is 10.4. The van der Waals surface area contributed by atoms with Gasteiger partial charge >= 0.3 is 51.4 Å². The van der Waals surface area contributed by atoms with Gasteiger partial charge in [0.2, 0.25) is 0 Å². The molecule has 0 aliphatic rings. The Morgan fingerprint density at radius 2 is 1.55 bits per heavy atom. The van der Waals surface area contributed by atoms with E-state index in [2.05, 4.69) is 0 Å². The van der Waals surface area contributed by atoms with Crippen LogP contribution in [0.5, 0.6) is 0 Å². The van der Waals surface area contributed by atoms with Crippen LogP contribution in [0.1, 0.15) is 0 Å². The maximum atomic E-state index is 10.4. The number of benzene rings is 1. The van der Waals surface area contributed by atoms with Gasteiger partial charge in [-0.2, -0.15) is 8.42 Å². The molecule has 0 atom stereocenters. The minimum atomic E-state index is -4.00. The van der Waals surface area contributed by atoms with Crippen LogP contribution in [0.25, 0.3) is 0 Å². The Balaban J connectivity index is 0.000001000. The van der Waals surface area contributed by atoms with E-state index in [0.717, 1.165) is 0 Å². The van der Waals surface area contributed by atoms with Gasteiger partial charge < -0.3 is 0 Å². The van der Waals surface area contributed by atoms with Crippen molar-refractivity contribution in [1.29, 1.82) is 0 Å². The van der Waals surface area contributed by atoms with Crippen LogP contribution in [-0.4, -0.2) is 13.0 Å². The Morgan fingerprint density at radius 1 is 1.09 bits per heavy atom. The molecule has 1 aromatic carbocycles. The van der Waals surface area contributed by atoms with Crippen molar-refractivity contribution in [3.63, 3.8) is 0 Å². The maximum Gasteiger partial charge on any atom is 1.00 e. The van der Waals surface area contributed by atoms with Crippen molar-refractivity contribution < 1.29 is 64.4 Å². The quantitative estimate of drug-likeness (QED) is 0.416. The van der Waals surface area contributed by atoms with Crippen LogP contribution in [0, 0.1) is 0 Å². The van der Waals surface area contributed by atoms with Crippen LogP contribution in [0.3, 0.4) is 0 Å². The average molecular weight is 197 g/mol. The van der Waals surface area contributed by atoms with Crippen LogP contribution in [-0.2, 0) is 10.1 Å². The van der Waals surface area contributed by atoms with Gasteiger partial charge in [0.1, 0.15) is 0 Å². The van der Waals surface area contributed by atoms with Crippen molar-refractivity contribution in [2.24, 2.45) is 0 Å².